The second-order valence-corrected chi connectivity index (χ2v) is 6.05. The molecule has 1 fully saturated rings. The van der Waals surface area contributed by atoms with Crippen molar-refractivity contribution in [3.63, 3.8) is 0 Å². The number of ether oxygens (including phenoxy) is 1. The fourth-order valence-corrected chi connectivity index (χ4v) is 2.72. The number of carbonyl (C=O) groups excluding carboxylic acids is 1. The Balaban J connectivity index is 2.73. The molecule has 0 radical (unpaired) electrons. The molecule has 5 nitrogen and oxygen atoms in total. The number of nitrogens with two attached hydrogens (primary N) is 1. The van der Waals surface area contributed by atoms with Gasteiger partial charge in [-0.2, -0.15) is 0 Å². The van der Waals surface area contributed by atoms with E-state index >= 15 is 0 Å². The number of hydrogen-bond donors (Lipinski definition) is 2. The summed E-state index contributed by atoms with van der Waals surface area (Å²) >= 11 is 0. The van der Waals surface area contributed by atoms with Crippen LogP contribution >= 0.6 is 0 Å². The Hall–Kier alpha value is -0.650. The first-order chi connectivity index (χ1) is 8.85. The van der Waals surface area contributed by atoms with Gasteiger partial charge in [0, 0.05) is 25.7 Å². The molecule has 5 heteroatoms. The van der Waals surface area contributed by atoms with Crippen LogP contribution in [0.15, 0.2) is 0 Å². The van der Waals surface area contributed by atoms with Gasteiger partial charge in [-0.1, -0.05) is 13.8 Å². The number of nitrogens with one attached hydrogen (secondary N) is 1. The van der Waals surface area contributed by atoms with E-state index in [-0.39, 0.29) is 36.1 Å². The molecule has 112 valence electrons. The molecule has 3 unspecified atom stereocenters. The lowest BCUT2D eigenvalue weighted by molar-refractivity contribution is -0.135. The van der Waals surface area contributed by atoms with Gasteiger partial charge in [0.2, 0.25) is 5.91 Å². The molecule has 1 aliphatic rings. The highest BCUT2D eigenvalue weighted by molar-refractivity contribution is 5.82. The molecule has 1 saturated heterocycles. The molecule has 1 heterocycles. The van der Waals surface area contributed by atoms with Crippen LogP contribution in [0.4, 0.5) is 0 Å². The third kappa shape index (κ3) is 4.75. The van der Waals surface area contributed by atoms with Crippen molar-refractivity contribution in [1.29, 1.82) is 0 Å². The molecule has 0 spiro atoms. The van der Waals surface area contributed by atoms with Crippen LogP contribution in [0.25, 0.3) is 0 Å². The minimum atomic E-state index is -0.109. The maximum atomic E-state index is 12.4. The quantitative estimate of drug-likeness (QED) is 0.768. The van der Waals surface area contributed by atoms with Crippen molar-refractivity contribution in [2.45, 2.75) is 58.9 Å². The molecule has 1 aliphatic heterocycles. The molecular formula is C14H29N3O2. The van der Waals surface area contributed by atoms with Crippen LogP contribution in [0.1, 0.15) is 34.6 Å². The zero-order chi connectivity index (χ0) is 14.6. The zero-order valence-electron chi connectivity index (χ0n) is 12.8. The monoisotopic (exact) mass is 271 g/mol. The lowest BCUT2D eigenvalue weighted by atomic mass is 9.99. The van der Waals surface area contributed by atoms with E-state index in [1.54, 1.807) is 0 Å². The van der Waals surface area contributed by atoms with Crippen molar-refractivity contribution in [2.75, 3.05) is 19.6 Å². The Morgan fingerprint density at radius 2 is 1.84 bits per heavy atom. The van der Waals surface area contributed by atoms with Gasteiger partial charge in [0.05, 0.1) is 18.2 Å². The second-order valence-electron chi connectivity index (χ2n) is 6.05. The molecular weight excluding hydrogens is 242 g/mol. The van der Waals surface area contributed by atoms with Crippen LogP contribution < -0.4 is 11.1 Å². The van der Waals surface area contributed by atoms with E-state index in [0.717, 1.165) is 13.1 Å². The van der Waals surface area contributed by atoms with E-state index in [2.05, 4.69) is 37.9 Å². The van der Waals surface area contributed by atoms with Gasteiger partial charge in [-0.3, -0.25) is 9.69 Å². The summed E-state index contributed by atoms with van der Waals surface area (Å²) in [5, 5.41) is 2.99. The molecule has 0 bridgehead atoms. The number of amides is 1. The van der Waals surface area contributed by atoms with E-state index in [1.807, 2.05) is 6.92 Å². The van der Waals surface area contributed by atoms with Gasteiger partial charge in [0.15, 0.2) is 0 Å². The van der Waals surface area contributed by atoms with Gasteiger partial charge < -0.3 is 15.8 Å². The van der Waals surface area contributed by atoms with Crippen molar-refractivity contribution >= 4 is 5.91 Å². The molecule has 4 atom stereocenters. The van der Waals surface area contributed by atoms with Crippen molar-refractivity contribution < 1.29 is 9.53 Å². The summed E-state index contributed by atoms with van der Waals surface area (Å²) in [6, 6.07) is -0.0903. The van der Waals surface area contributed by atoms with Gasteiger partial charge in [0.25, 0.3) is 0 Å². The van der Waals surface area contributed by atoms with Crippen LogP contribution in [0, 0.1) is 5.92 Å². The molecule has 0 saturated carbocycles. The highest BCUT2D eigenvalue weighted by Crippen LogP contribution is 2.18. The first kappa shape index (κ1) is 16.4. The Morgan fingerprint density at radius 1 is 1.32 bits per heavy atom. The molecule has 1 amide bonds. The first-order valence-corrected chi connectivity index (χ1v) is 7.25. The molecule has 0 aromatic carbocycles. The van der Waals surface area contributed by atoms with Crippen LogP contribution in [-0.2, 0) is 9.53 Å². The van der Waals surface area contributed by atoms with Gasteiger partial charge in [0.1, 0.15) is 0 Å². The lowest BCUT2D eigenvalue weighted by Crippen LogP contribution is -2.58. The summed E-state index contributed by atoms with van der Waals surface area (Å²) in [6.45, 7) is 12.3. The van der Waals surface area contributed by atoms with E-state index in [0.29, 0.717) is 6.54 Å². The number of rotatable bonds is 5. The first-order valence-electron chi connectivity index (χ1n) is 7.25. The van der Waals surface area contributed by atoms with E-state index in [1.165, 1.54) is 0 Å². The summed E-state index contributed by atoms with van der Waals surface area (Å²) in [4.78, 5) is 14.7. The number of carbonyl (C=O) groups is 1. The fraction of sp³-hybridized carbons (Fsp3) is 0.929. The van der Waals surface area contributed by atoms with Crippen LogP contribution in [-0.4, -0.2) is 54.7 Å². The Morgan fingerprint density at radius 3 is 2.26 bits per heavy atom. The molecule has 19 heavy (non-hydrogen) atoms. The van der Waals surface area contributed by atoms with Crippen molar-refractivity contribution in [2.24, 2.45) is 11.7 Å². The number of hydrogen-bond acceptors (Lipinski definition) is 4. The van der Waals surface area contributed by atoms with Crippen LogP contribution in [0.3, 0.4) is 0 Å². The fourth-order valence-electron chi connectivity index (χ4n) is 2.72. The van der Waals surface area contributed by atoms with E-state index in [4.69, 9.17) is 10.5 Å². The Labute approximate surface area is 116 Å². The van der Waals surface area contributed by atoms with E-state index in [9.17, 15) is 4.79 Å². The maximum absolute atomic E-state index is 12.4. The van der Waals surface area contributed by atoms with Crippen molar-refractivity contribution in [3.8, 4) is 0 Å². The standard InChI is InChI=1S/C14H29N3O2/c1-9(2)13(14(18)16-10(3)6-15)17-7-11(4)19-12(5)8-17/h9-13H,6-8,15H2,1-5H3,(H,16,18)/t10-,11?,12?,13?/m0/s1. The van der Waals surface area contributed by atoms with E-state index < -0.39 is 0 Å². The predicted octanol–water partition coefficient (Wildman–Crippen LogP) is 0.584. The minimum Gasteiger partial charge on any atom is -0.373 e. The average molecular weight is 271 g/mol. The summed E-state index contributed by atoms with van der Waals surface area (Å²) in [5.41, 5.74) is 5.57. The normalized spacial score (nSPS) is 28.2. The Bertz CT molecular complexity index is 286. The SMILES string of the molecule is CC1CN(C(C(=O)N[C@@H](C)CN)C(C)C)CC(C)O1. The topological polar surface area (TPSA) is 67.6 Å². The van der Waals surface area contributed by atoms with Crippen molar-refractivity contribution in [3.05, 3.63) is 0 Å². The Kier molecular flexibility index (Phi) is 6.23. The van der Waals surface area contributed by atoms with Crippen molar-refractivity contribution in [1.82, 2.24) is 10.2 Å². The lowest BCUT2D eigenvalue weighted by Gasteiger charge is -2.41. The number of nitrogens with zero attached hydrogens (tertiary/aromatic N) is 1. The third-order valence-electron chi connectivity index (χ3n) is 3.48. The maximum Gasteiger partial charge on any atom is 0.237 e. The molecule has 0 aromatic heterocycles. The van der Waals surface area contributed by atoms with Gasteiger partial charge >= 0.3 is 0 Å². The number of morpholine rings is 1. The summed E-state index contributed by atoms with van der Waals surface area (Å²) in [6.07, 6.45) is 0.342. The molecule has 0 aliphatic carbocycles. The summed E-state index contributed by atoms with van der Waals surface area (Å²) < 4.78 is 5.73. The highest BCUT2D eigenvalue weighted by Gasteiger charge is 2.34. The van der Waals surface area contributed by atoms with Crippen LogP contribution in [0.5, 0.6) is 0 Å². The summed E-state index contributed by atoms with van der Waals surface area (Å²) in [5.74, 6) is 0.344. The molecule has 1 rings (SSSR count). The average Bonchev–Trinajstić information content (AvgIpc) is 2.26. The minimum absolute atomic E-state index is 0.0182. The largest absolute Gasteiger partial charge is 0.373 e. The third-order valence-corrected chi connectivity index (χ3v) is 3.48. The predicted molar refractivity (Wildman–Crippen MR) is 76.9 cm³/mol. The summed E-state index contributed by atoms with van der Waals surface area (Å²) in [7, 11) is 0. The molecule has 3 N–H and O–H groups in total. The van der Waals surface area contributed by atoms with Gasteiger partial charge in [-0.15, -0.1) is 0 Å². The molecule has 0 aromatic rings. The second kappa shape index (κ2) is 7.22. The highest BCUT2D eigenvalue weighted by atomic mass is 16.5. The zero-order valence-corrected chi connectivity index (χ0v) is 12.8. The van der Waals surface area contributed by atoms with Gasteiger partial charge in [-0.05, 0) is 26.7 Å². The van der Waals surface area contributed by atoms with Crippen LogP contribution in [0.2, 0.25) is 0 Å². The smallest absolute Gasteiger partial charge is 0.237 e. The van der Waals surface area contributed by atoms with Gasteiger partial charge in [-0.25, -0.2) is 0 Å².